The van der Waals surface area contributed by atoms with Crippen LogP contribution in [0.15, 0.2) is 47.1 Å². The second kappa shape index (κ2) is 8.09. The lowest BCUT2D eigenvalue weighted by Gasteiger charge is -2.32. The quantitative estimate of drug-likeness (QED) is 0.712. The molecule has 0 aromatic carbocycles. The van der Waals surface area contributed by atoms with E-state index in [4.69, 9.17) is 5.11 Å². The molecule has 0 aromatic rings. The van der Waals surface area contributed by atoms with Crippen molar-refractivity contribution >= 4 is 11.8 Å². The molecule has 0 saturated carbocycles. The standard InChI is InChI=1S/C20H28O3/c1-14(7-6-8-15(2)13-19(22)23)9-10-17-16(3)18(21)11-12-20(17,4)5/h6-10,15H,11-13H2,1-5H3,(H,22,23)/b8-6+,10-9+,14-7-/t15-/m1/s1. The summed E-state index contributed by atoms with van der Waals surface area (Å²) >= 11 is 0. The highest BCUT2D eigenvalue weighted by Gasteiger charge is 2.30. The van der Waals surface area contributed by atoms with Crippen LogP contribution in [-0.2, 0) is 9.59 Å². The van der Waals surface area contributed by atoms with Gasteiger partial charge in [0.15, 0.2) is 5.78 Å². The maximum absolute atomic E-state index is 11.9. The van der Waals surface area contributed by atoms with Gasteiger partial charge in [0.2, 0.25) is 0 Å². The van der Waals surface area contributed by atoms with Crippen LogP contribution in [0.1, 0.15) is 53.9 Å². The van der Waals surface area contributed by atoms with Gasteiger partial charge in [-0.1, -0.05) is 56.7 Å². The number of carboxylic acid groups (broad SMARTS) is 1. The SMILES string of the molecule is CC1=C(/C=C/C(C)=C\C=C\[C@@H](C)CC(=O)O)C(C)(C)CCC1=O. The molecule has 0 aromatic heterocycles. The highest BCUT2D eigenvalue weighted by Crippen LogP contribution is 2.39. The van der Waals surface area contributed by atoms with Gasteiger partial charge in [-0.15, -0.1) is 0 Å². The first-order valence-corrected chi connectivity index (χ1v) is 8.13. The second-order valence-electron chi connectivity index (χ2n) is 7.05. The van der Waals surface area contributed by atoms with Gasteiger partial charge in [-0.05, 0) is 42.7 Å². The molecule has 126 valence electrons. The minimum absolute atomic E-state index is 0.0142. The summed E-state index contributed by atoms with van der Waals surface area (Å²) in [6.45, 7) is 10.1. The number of rotatable bonds is 6. The number of aliphatic carboxylic acids is 1. The Morgan fingerprint density at radius 3 is 2.65 bits per heavy atom. The molecular formula is C20H28O3. The van der Waals surface area contributed by atoms with Crippen molar-refractivity contribution in [1.82, 2.24) is 0 Å². The molecule has 1 N–H and O–H groups in total. The molecular weight excluding hydrogens is 288 g/mol. The number of carboxylic acids is 1. The van der Waals surface area contributed by atoms with Gasteiger partial charge < -0.3 is 5.11 Å². The van der Waals surface area contributed by atoms with E-state index in [0.717, 1.165) is 23.1 Å². The van der Waals surface area contributed by atoms with Crippen molar-refractivity contribution in [3.05, 3.63) is 47.1 Å². The van der Waals surface area contributed by atoms with Gasteiger partial charge in [0.1, 0.15) is 0 Å². The zero-order valence-electron chi connectivity index (χ0n) is 14.8. The Hall–Kier alpha value is -1.90. The Labute approximate surface area is 139 Å². The Balaban J connectivity index is 2.81. The smallest absolute Gasteiger partial charge is 0.303 e. The second-order valence-corrected chi connectivity index (χ2v) is 7.05. The maximum atomic E-state index is 11.9. The van der Waals surface area contributed by atoms with Crippen LogP contribution < -0.4 is 0 Å². The van der Waals surface area contributed by atoms with Crippen LogP contribution in [0.3, 0.4) is 0 Å². The van der Waals surface area contributed by atoms with E-state index in [9.17, 15) is 9.59 Å². The van der Waals surface area contributed by atoms with Crippen molar-refractivity contribution < 1.29 is 14.7 Å². The maximum Gasteiger partial charge on any atom is 0.303 e. The summed E-state index contributed by atoms with van der Waals surface area (Å²) in [6, 6.07) is 0. The number of hydrogen-bond donors (Lipinski definition) is 1. The van der Waals surface area contributed by atoms with E-state index in [1.807, 2.05) is 51.2 Å². The summed E-state index contributed by atoms with van der Waals surface area (Å²) < 4.78 is 0. The van der Waals surface area contributed by atoms with E-state index in [0.29, 0.717) is 6.42 Å². The average molecular weight is 316 g/mol. The Morgan fingerprint density at radius 2 is 2.04 bits per heavy atom. The minimum atomic E-state index is -0.783. The van der Waals surface area contributed by atoms with Gasteiger partial charge in [0.25, 0.3) is 0 Å². The molecule has 0 bridgehead atoms. The topological polar surface area (TPSA) is 54.4 Å². The summed E-state index contributed by atoms with van der Waals surface area (Å²) in [5, 5.41) is 8.72. The average Bonchev–Trinajstić information content (AvgIpc) is 2.42. The lowest BCUT2D eigenvalue weighted by molar-refractivity contribution is -0.137. The van der Waals surface area contributed by atoms with Gasteiger partial charge in [-0.25, -0.2) is 0 Å². The van der Waals surface area contributed by atoms with E-state index in [1.54, 1.807) is 0 Å². The lowest BCUT2D eigenvalue weighted by Crippen LogP contribution is -2.24. The predicted octanol–water partition coefficient (Wildman–Crippen LogP) is 4.86. The Bertz CT molecular complexity index is 586. The molecule has 1 rings (SSSR count). The fraction of sp³-hybridized carbons (Fsp3) is 0.500. The number of carbonyl (C=O) groups is 2. The molecule has 23 heavy (non-hydrogen) atoms. The Morgan fingerprint density at radius 1 is 1.39 bits per heavy atom. The number of allylic oxidation sites excluding steroid dienone is 8. The summed E-state index contributed by atoms with van der Waals surface area (Å²) in [4.78, 5) is 22.5. The van der Waals surface area contributed by atoms with E-state index in [1.165, 1.54) is 0 Å². The molecule has 0 aliphatic heterocycles. The normalized spacial score (nSPS) is 20.6. The largest absolute Gasteiger partial charge is 0.481 e. The highest BCUT2D eigenvalue weighted by molar-refractivity contribution is 5.97. The highest BCUT2D eigenvalue weighted by atomic mass is 16.4. The summed E-state index contributed by atoms with van der Waals surface area (Å²) in [5.41, 5.74) is 3.08. The molecule has 0 fully saturated rings. The summed E-state index contributed by atoms with van der Waals surface area (Å²) in [7, 11) is 0. The van der Waals surface area contributed by atoms with Gasteiger partial charge in [0.05, 0.1) is 6.42 Å². The van der Waals surface area contributed by atoms with Crippen LogP contribution in [0.5, 0.6) is 0 Å². The van der Waals surface area contributed by atoms with Crippen molar-refractivity contribution in [2.24, 2.45) is 11.3 Å². The van der Waals surface area contributed by atoms with Gasteiger partial charge in [0, 0.05) is 6.42 Å². The zero-order valence-corrected chi connectivity index (χ0v) is 14.8. The predicted molar refractivity (Wildman–Crippen MR) is 94.2 cm³/mol. The number of ketones is 1. The Kier molecular flexibility index (Phi) is 6.74. The third-order valence-electron chi connectivity index (χ3n) is 4.34. The van der Waals surface area contributed by atoms with Crippen LogP contribution >= 0.6 is 0 Å². The van der Waals surface area contributed by atoms with E-state index in [-0.39, 0.29) is 23.5 Å². The zero-order chi connectivity index (χ0) is 17.6. The molecule has 0 spiro atoms. The van der Waals surface area contributed by atoms with E-state index < -0.39 is 5.97 Å². The van der Waals surface area contributed by atoms with Crippen LogP contribution in [0.4, 0.5) is 0 Å². The molecule has 1 atom stereocenters. The molecule has 0 radical (unpaired) electrons. The molecule has 1 aliphatic rings. The molecule has 1 aliphatic carbocycles. The molecule has 0 amide bonds. The third-order valence-corrected chi connectivity index (χ3v) is 4.34. The summed E-state index contributed by atoms with van der Waals surface area (Å²) in [6.07, 6.45) is 11.5. The first-order valence-electron chi connectivity index (χ1n) is 8.13. The van der Waals surface area contributed by atoms with Crippen molar-refractivity contribution in [1.29, 1.82) is 0 Å². The molecule has 0 unspecified atom stereocenters. The van der Waals surface area contributed by atoms with E-state index in [2.05, 4.69) is 13.8 Å². The monoisotopic (exact) mass is 316 g/mol. The molecule has 3 heteroatoms. The van der Waals surface area contributed by atoms with Crippen molar-refractivity contribution in [2.45, 2.75) is 53.9 Å². The lowest BCUT2D eigenvalue weighted by atomic mass is 9.72. The molecule has 3 nitrogen and oxygen atoms in total. The number of carbonyl (C=O) groups excluding carboxylic acids is 1. The summed E-state index contributed by atoms with van der Waals surface area (Å²) in [5.74, 6) is -0.525. The van der Waals surface area contributed by atoms with Crippen LogP contribution in [0.25, 0.3) is 0 Å². The van der Waals surface area contributed by atoms with Crippen molar-refractivity contribution in [3.8, 4) is 0 Å². The number of Topliss-reactive ketones (excluding diaryl/α,β-unsaturated/α-hetero) is 1. The molecule has 0 saturated heterocycles. The van der Waals surface area contributed by atoms with Gasteiger partial charge >= 0.3 is 5.97 Å². The van der Waals surface area contributed by atoms with Gasteiger partial charge in [-0.3, -0.25) is 9.59 Å². The van der Waals surface area contributed by atoms with Crippen LogP contribution in [0.2, 0.25) is 0 Å². The fourth-order valence-corrected chi connectivity index (χ4v) is 2.77. The third kappa shape index (κ3) is 6.01. The van der Waals surface area contributed by atoms with Crippen molar-refractivity contribution in [2.75, 3.05) is 0 Å². The number of hydrogen-bond acceptors (Lipinski definition) is 2. The minimum Gasteiger partial charge on any atom is -0.481 e. The van der Waals surface area contributed by atoms with E-state index >= 15 is 0 Å². The van der Waals surface area contributed by atoms with Crippen LogP contribution in [0, 0.1) is 11.3 Å². The van der Waals surface area contributed by atoms with Crippen molar-refractivity contribution in [3.63, 3.8) is 0 Å². The first kappa shape index (κ1) is 19.1. The fourth-order valence-electron chi connectivity index (χ4n) is 2.77. The van der Waals surface area contributed by atoms with Crippen LogP contribution in [-0.4, -0.2) is 16.9 Å². The molecule has 0 heterocycles. The van der Waals surface area contributed by atoms with Gasteiger partial charge in [-0.2, -0.15) is 0 Å². The first-order chi connectivity index (χ1) is 10.6.